The summed E-state index contributed by atoms with van der Waals surface area (Å²) in [7, 11) is 0. The monoisotopic (exact) mass is 268 g/mol. The van der Waals surface area contributed by atoms with E-state index in [0.29, 0.717) is 5.69 Å². The minimum Gasteiger partial charge on any atom is -0.364 e. The number of pyridine rings is 1. The molecule has 0 saturated carbocycles. The Bertz CT molecular complexity index is 442. The highest BCUT2D eigenvalue weighted by Gasteiger charge is 2.04. The quantitative estimate of drug-likeness (QED) is 0.848. The number of nitrogens with zero attached hydrogens (tertiary/aromatic N) is 1. The van der Waals surface area contributed by atoms with Gasteiger partial charge >= 0.3 is 0 Å². The SMILES string of the molecule is Cl.Cl.Cl.NC(=O)c1ccc2ccccn12. The highest BCUT2D eigenvalue weighted by atomic mass is 35.5. The van der Waals surface area contributed by atoms with Gasteiger partial charge in [-0.15, -0.1) is 37.2 Å². The van der Waals surface area contributed by atoms with E-state index in [9.17, 15) is 4.79 Å². The maximum atomic E-state index is 10.9. The fraction of sp³-hybridized carbons (Fsp3) is 0. The minimum absolute atomic E-state index is 0. The standard InChI is InChI=1S/C9H8N2O.3ClH/c10-9(12)8-5-4-7-3-1-2-6-11(7)8;;;/h1-6H,(H2,10,12);3*1H. The second-order valence-corrected chi connectivity index (χ2v) is 2.58. The van der Waals surface area contributed by atoms with E-state index >= 15 is 0 Å². The summed E-state index contributed by atoms with van der Waals surface area (Å²) >= 11 is 0. The number of carbonyl (C=O) groups excluding carboxylic acids is 1. The van der Waals surface area contributed by atoms with Gasteiger partial charge in [-0.1, -0.05) is 6.07 Å². The van der Waals surface area contributed by atoms with Gasteiger partial charge in [0.05, 0.1) is 0 Å². The lowest BCUT2D eigenvalue weighted by Crippen LogP contribution is -2.13. The fourth-order valence-electron chi connectivity index (χ4n) is 1.26. The van der Waals surface area contributed by atoms with E-state index in [1.54, 1.807) is 10.5 Å². The van der Waals surface area contributed by atoms with Gasteiger partial charge in [0.2, 0.25) is 0 Å². The van der Waals surface area contributed by atoms with Crippen molar-refractivity contribution in [3.05, 3.63) is 42.2 Å². The van der Waals surface area contributed by atoms with Crippen LogP contribution >= 0.6 is 37.2 Å². The average Bonchev–Trinajstić information content (AvgIpc) is 2.47. The van der Waals surface area contributed by atoms with E-state index in [0.717, 1.165) is 5.52 Å². The van der Waals surface area contributed by atoms with E-state index in [-0.39, 0.29) is 37.2 Å². The van der Waals surface area contributed by atoms with Crippen LogP contribution in [0.15, 0.2) is 36.5 Å². The average molecular weight is 270 g/mol. The van der Waals surface area contributed by atoms with Gasteiger partial charge in [0.25, 0.3) is 5.91 Å². The van der Waals surface area contributed by atoms with Gasteiger partial charge in [0, 0.05) is 11.7 Å². The molecule has 2 aromatic rings. The number of aromatic nitrogens is 1. The van der Waals surface area contributed by atoms with Crippen LogP contribution in [0.1, 0.15) is 10.5 Å². The van der Waals surface area contributed by atoms with Crippen LogP contribution in [-0.4, -0.2) is 10.3 Å². The molecule has 0 fully saturated rings. The van der Waals surface area contributed by atoms with Crippen LogP contribution in [-0.2, 0) is 0 Å². The van der Waals surface area contributed by atoms with Gasteiger partial charge in [-0.3, -0.25) is 4.79 Å². The Morgan fingerprint density at radius 3 is 2.33 bits per heavy atom. The maximum absolute atomic E-state index is 10.9. The van der Waals surface area contributed by atoms with Crippen molar-refractivity contribution in [3.8, 4) is 0 Å². The predicted octanol–water partition coefficient (Wildman–Crippen LogP) is 2.30. The highest BCUT2D eigenvalue weighted by molar-refractivity contribution is 5.92. The molecule has 0 bridgehead atoms. The summed E-state index contributed by atoms with van der Waals surface area (Å²) in [6.07, 6.45) is 1.81. The third-order valence-corrected chi connectivity index (χ3v) is 1.82. The number of nitrogens with two attached hydrogens (primary N) is 1. The summed E-state index contributed by atoms with van der Waals surface area (Å²) < 4.78 is 1.77. The zero-order chi connectivity index (χ0) is 8.55. The Hall–Kier alpha value is -0.900. The largest absolute Gasteiger partial charge is 0.364 e. The Kier molecular flexibility index (Phi) is 7.23. The third kappa shape index (κ3) is 3.02. The van der Waals surface area contributed by atoms with E-state index < -0.39 is 5.91 Å². The number of fused-ring (bicyclic) bond motifs is 1. The van der Waals surface area contributed by atoms with Crippen LogP contribution in [0.25, 0.3) is 5.52 Å². The summed E-state index contributed by atoms with van der Waals surface area (Å²) in [4.78, 5) is 10.9. The Labute approximate surface area is 106 Å². The van der Waals surface area contributed by atoms with Gasteiger partial charge in [-0.05, 0) is 24.3 Å². The molecule has 2 heterocycles. The predicted molar refractivity (Wildman–Crippen MR) is 67.7 cm³/mol. The Balaban J connectivity index is 0. The Morgan fingerprint density at radius 1 is 1.07 bits per heavy atom. The molecule has 2 rings (SSSR count). The van der Waals surface area contributed by atoms with E-state index in [1.807, 2.05) is 30.5 Å². The smallest absolute Gasteiger partial charge is 0.265 e. The number of primary amides is 1. The van der Waals surface area contributed by atoms with Crippen LogP contribution < -0.4 is 5.73 Å². The van der Waals surface area contributed by atoms with Crippen molar-refractivity contribution < 1.29 is 4.79 Å². The molecule has 3 nitrogen and oxygen atoms in total. The third-order valence-electron chi connectivity index (χ3n) is 1.82. The molecular formula is C9H11Cl3N2O. The molecule has 84 valence electrons. The summed E-state index contributed by atoms with van der Waals surface area (Å²) in [6, 6.07) is 9.28. The number of hydrogen-bond acceptors (Lipinski definition) is 1. The second kappa shape index (κ2) is 6.56. The van der Waals surface area contributed by atoms with Crippen molar-refractivity contribution >= 4 is 48.6 Å². The summed E-state index contributed by atoms with van der Waals surface area (Å²) in [5.41, 5.74) is 6.66. The van der Waals surface area contributed by atoms with Crippen molar-refractivity contribution in [2.45, 2.75) is 0 Å². The summed E-state index contributed by atoms with van der Waals surface area (Å²) in [5, 5.41) is 0. The Morgan fingerprint density at radius 2 is 1.73 bits per heavy atom. The maximum Gasteiger partial charge on any atom is 0.265 e. The number of carbonyl (C=O) groups is 1. The normalized spacial score (nSPS) is 8.27. The summed E-state index contributed by atoms with van der Waals surface area (Å²) in [5.74, 6) is -0.402. The van der Waals surface area contributed by atoms with Gasteiger partial charge in [-0.25, -0.2) is 0 Å². The number of amides is 1. The van der Waals surface area contributed by atoms with E-state index in [1.165, 1.54) is 0 Å². The van der Waals surface area contributed by atoms with Gasteiger partial charge in [-0.2, -0.15) is 0 Å². The van der Waals surface area contributed by atoms with Crippen LogP contribution in [0.3, 0.4) is 0 Å². The molecule has 6 heteroatoms. The van der Waals surface area contributed by atoms with E-state index in [4.69, 9.17) is 5.73 Å². The second-order valence-electron chi connectivity index (χ2n) is 2.58. The van der Waals surface area contributed by atoms with Crippen LogP contribution in [0.5, 0.6) is 0 Å². The van der Waals surface area contributed by atoms with Crippen molar-refractivity contribution in [2.24, 2.45) is 5.73 Å². The van der Waals surface area contributed by atoms with Gasteiger partial charge in [0.15, 0.2) is 0 Å². The van der Waals surface area contributed by atoms with Crippen LogP contribution in [0.2, 0.25) is 0 Å². The summed E-state index contributed by atoms with van der Waals surface area (Å²) in [6.45, 7) is 0. The first-order chi connectivity index (χ1) is 5.79. The van der Waals surface area contributed by atoms with Crippen molar-refractivity contribution in [1.29, 1.82) is 0 Å². The first kappa shape index (κ1) is 16.5. The molecule has 0 aliphatic carbocycles. The highest BCUT2D eigenvalue weighted by Crippen LogP contribution is 2.08. The first-order valence-electron chi connectivity index (χ1n) is 3.65. The molecular weight excluding hydrogens is 258 g/mol. The van der Waals surface area contributed by atoms with Crippen LogP contribution in [0, 0.1) is 0 Å². The first-order valence-corrected chi connectivity index (χ1v) is 3.65. The number of halogens is 3. The topological polar surface area (TPSA) is 47.5 Å². The lowest BCUT2D eigenvalue weighted by molar-refractivity contribution is 0.0995. The number of rotatable bonds is 1. The zero-order valence-corrected chi connectivity index (χ0v) is 10.1. The molecule has 0 saturated heterocycles. The van der Waals surface area contributed by atoms with E-state index in [2.05, 4.69) is 0 Å². The molecule has 15 heavy (non-hydrogen) atoms. The van der Waals surface area contributed by atoms with Gasteiger partial charge in [0.1, 0.15) is 5.69 Å². The molecule has 2 aromatic heterocycles. The lowest BCUT2D eigenvalue weighted by atomic mass is 10.4. The zero-order valence-electron chi connectivity index (χ0n) is 7.62. The van der Waals surface area contributed by atoms with Crippen molar-refractivity contribution in [1.82, 2.24) is 4.40 Å². The molecule has 0 aliphatic heterocycles. The van der Waals surface area contributed by atoms with Crippen LogP contribution in [0.4, 0.5) is 0 Å². The number of hydrogen-bond donors (Lipinski definition) is 1. The molecule has 0 radical (unpaired) electrons. The molecule has 0 aliphatic rings. The fourth-order valence-corrected chi connectivity index (χ4v) is 1.26. The molecule has 0 unspecified atom stereocenters. The molecule has 2 N–H and O–H groups in total. The molecule has 1 amide bonds. The minimum atomic E-state index is -0.402. The molecule has 0 atom stereocenters. The van der Waals surface area contributed by atoms with Crippen molar-refractivity contribution in [3.63, 3.8) is 0 Å². The molecule has 0 aromatic carbocycles. The lowest BCUT2D eigenvalue weighted by Gasteiger charge is -1.96. The van der Waals surface area contributed by atoms with Gasteiger partial charge < -0.3 is 10.1 Å². The molecule has 0 spiro atoms. The van der Waals surface area contributed by atoms with Crippen molar-refractivity contribution in [2.75, 3.05) is 0 Å².